The van der Waals surface area contributed by atoms with Crippen molar-refractivity contribution in [2.24, 2.45) is 4.99 Å². The predicted molar refractivity (Wildman–Crippen MR) is 147 cm³/mol. The van der Waals surface area contributed by atoms with Crippen LogP contribution >= 0.6 is 24.0 Å². The summed E-state index contributed by atoms with van der Waals surface area (Å²) < 4.78 is 0. The molecule has 0 aliphatic carbocycles. The van der Waals surface area contributed by atoms with Crippen LogP contribution in [0.5, 0.6) is 0 Å². The average molecular weight is 559 g/mol. The maximum Gasteiger partial charge on any atom is 0.222 e. The Kier molecular flexibility index (Phi) is 9.78. The topological polar surface area (TPSA) is 47.9 Å². The van der Waals surface area contributed by atoms with Crippen LogP contribution in [0.15, 0.2) is 65.2 Å². The van der Waals surface area contributed by atoms with Gasteiger partial charge >= 0.3 is 0 Å². The maximum atomic E-state index is 11.8. The minimum absolute atomic E-state index is 0. The number of likely N-dealkylation sites (tertiary alicyclic amines) is 2. The molecule has 2 aromatic carbocycles. The summed E-state index contributed by atoms with van der Waals surface area (Å²) in [6.45, 7) is 7.24. The van der Waals surface area contributed by atoms with Crippen LogP contribution in [-0.4, -0.2) is 47.8 Å². The molecule has 0 atom stereocenters. The second kappa shape index (κ2) is 12.8. The lowest BCUT2D eigenvalue weighted by molar-refractivity contribution is -0.128. The van der Waals surface area contributed by atoms with Gasteiger partial charge in [-0.1, -0.05) is 66.2 Å². The monoisotopic (exact) mass is 558 g/mol. The summed E-state index contributed by atoms with van der Waals surface area (Å²) in [4.78, 5) is 21.1. The number of rotatable bonds is 6. The van der Waals surface area contributed by atoms with E-state index in [0.717, 1.165) is 57.9 Å². The molecule has 2 fully saturated rings. The number of halogens is 1. The number of piperidine rings is 1. The molecule has 2 aromatic rings. The Morgan fingerprint density at radius 1 is 0.970 bits per heavy atom. The van der Waals surface area contributed by atoms with Crippen LogP contribution in [-0.2, 0) is 17.9 Å². The van der Waals surface area contributed by atoms with Crippen LogP contribution in [0.2, 0.25) is 0 Å². The number of nitrogens with one attached hydrogen (secondary N) is 1. The number of carbonyl (C=O) groups is 1. The van der Waals surface area contributed by atoms with Gasteiger partial charge in [-0.25, -0.2) is 4.99 Å². The Morgan fingerprint density at radius 3 is 2.30 bits per heavy atom. The molecule has 0 unspecified atom stereocenters. The van der Waals surface area contributed by atoms with Gasteiger partial charge in [-0.05, 0) is 42.9 Å². The summed E-state index contributed by atoms with van der Waals surface area (Å²) >= 11 is 0. The SMILES string of the molecule is CCNC(=NCc1ccc(CN2CCCC2=O)cc1)N1CCC(=Cc2ccccc2)CC1.I. The summed E-state index contributed by atoms with van der Waals surface area (Å²) in [5.74, 6) is 1.27. The van der Waals surface area contributed by atoms with Crippen molar-refractivity contribution in [1.29, 1.82) is 0 Å². The Morgan fingerprint density at radius 2 is 1.67 bits per heavy atom. The van der Waals surface area contributed by atoms with Crippen molar-refractivity contribution in [3.05, 3.63) is 76.9 Å². The molecule has 1 N–H and O–H groups in total. The maximum absolute atomic E-state index is 11.8. The zero-order valence-corrected chi connectivity index (χ0v) is 21.8. The number of nitrogens with zero attached hydrogens (tertiary/aromatic N) is 3. The van der Waals surface area contributed by atoms with Gasteiger partial charge in [0.2, 0.25) is 5.91 Å². The van der Waals surface area contributed by atoms with E-state index in [4.69, 9.17) is 4.99 Å². The smallest absolute Gasteiger partial charge is 0.222 e. The standard InChI is InChI=1S/C27H34N4O.HI/c1-2-28-27(30-17-14-23(15-18-30)19-22-7-4-3-5-8-22)29-20-24-10-12-25(13-11-24)21-31-16-6-9-26(31)32;/h3-5,7-8,10-13,19H,2,6,9,14-18,20-21H2,1H3,(H,28,29);1H. The highest BCUT2D eigenvalue weighted by Gasteiger charge is 2.20. The van der Waals surface area contributed by atoms with Crippen LogP contribution in [0.1, 0.15) is 49.3 Å². The highest BCUT2D eigenvalue weighted by molar-refractivity contribution is 14.0. The fraction of sp³-hybridized carbons (Fsp3) is 0.407. The van der Waals surface area contributed by atoms with Gasteiger partial charge in [-0.2, -0.15) is 0 Å². The third kappa shape index (κ3) is 7.32. The molecule has 0 radical (unpaired) electrons. The number of carbonyl (C=O) groups excluding carboxylic acids is 1. The molecule has 0 spiro atoms. The summed E-state index contributed by atoms with van der Waals surface area (Å²) in [5, 5.41) is 3.46. The summed E-state index contributed by atoms with van der Waals surface area (Å²) in [5.41, 5.74) is 5.18. The van der Waals surface area contributed by atoms with Gasteiger partial charge in [-0.15, -0.1) is 24.0 Å². The first-order valence-corrected chi connectivity index (χ1v) is 11.8. The summed E-state index contributed by atoms with van der Waals surface area (Å²) in [6, 6.07) is 19.1. The van der Waals surface area contributed by atoms with E-state index in [1.54, 1.807) is 0 Å². The molecule has 0 aromatic heterocycles. The zero-order chi connectivity index (χ0) is 22.2. The molecule has 0 bridgehead atoms. The number of guanidine groups is 1. The number of hydrogen-bond donors (Lipinski definition) is 1. The van der Waals surface area contributed by atoms with Gasteiger partial charge in [0.25, 0.3) is 0 Å². The van der Waals surface area contributed by atoms with E-state index in [2.05, 4.69) is 77.8 Å². The molecule has 1 amide bonds. The van der Waals surface area contributed by atoms with E-state index in [0.29, 0.717) is 13.0 Å². The van der Waals surface area contributed by atoms with Crippen molar-refractivity contribution in [3.63, 3.8) is 0 Å². The zero-order valence-electron chi connectivity index (χ0n) is 19.5. The number of hydrogen-bond acceptors (Lipinski definition) is 2. The van der Waals surface area contributed by atoms with E-state index in [1.807, 2.05) is 4.90 Å². The van der Waals surface area contributed by atoms with Gasteiger partial charge in [0.15, 0.2) is 5.96 Å². The lowest BCUT2D eigenvalue weighted by Crippen LogP contribution is -2.44. The van der Waals surface area contributed by atoms with Gasteiger partial charge in [0.05, 0.1) is 6.54 Å². The Hall–Kier alpha value is -2.35. The van der Waals surface area contributed by atoms with E-state index in [-0.39, 0.29) is 29.9 Å². The largest absolute Gasteiger partial charge is 0.357 e. The minimum Gasteiger partial charge on any atom is -0.357 e. The second-order valence-corrected chi connectivity index (χ2v) is 8.61. The van der Waals surface area contributed by atoms with Crippen molar-refractivity contribution in [3.8, 4) is 0 Å². The first kappa shape index (κ1) is 25.3. The van der Waals surface area contributed by atoms with Gasteiger partial charge in [-0.3, -0.25) is 4.79 Å². The van der Waals surface area contributed by atoms with Gasteiger partial charge in [0.1, 0.15) is 0 Å². The molecular formula is C27H35IN4O. The highest BCUT2D eigenvalue weighted by Crippen LogP contribution is 2.20. The predicted octanol–water partition coefficient (Wildman–Crippen LogP) is 5.07. The molecule has 0 saturated carbocycles. The van der Waals surface area contributed by atoms with Crippen molar-refractivity contribution < 1.29 is 4.79 Å². The molecule has 176 valence electrons. The summed E-state index contributed by atoms with van der Waals surface area (Å²) in [7, 11) is 0. The third-order valence-corrected chi connectivity index (χ3v) is 6.19. The number of aliphatic imine (C=N–C) groups is 1. The van der Waals surface area contributed by atoms with Crippen molar-refractivity contribution in [1.82, 2.24) is 15.1 Å². The Bertz CT molecular complexity index is 946. The van der Waals surface area contributed by atoms with Crippen LogP contribution in [0.25, 0.3) is 6.08 Å². The first-order chi connectivity index (χ1) is 15.7. The molecule has 33 heavy (non-hydrogen) atoms. The summed E-state index contributed by atoms with van der Waals surface area (Å²) in [6.07, 6.45) is 6.16. The Labute approximate surface area is 215 Å². The molecule has 4 rings (SSSR count). The van der Waals surface area contributed by atoms with Crippen LogP contribution < -0.4 is 5.32 Å². The lowest BCUT2D eigenvalue weighted by atomic mass is 10.0. The van der Waals surface area contributed by atoms with E-state index in [9.17, 15) is 4.79 Å². The second-order valence-electron chi connectivity index (χ2n) is 8.61. The number of amides is 1. The molecule has 2 aliphatic heterocycles. The molecule has 2 saturated heterocycles. The quantitative estimate of drug-likeness (QED) is 0.306. The van der Waals surface area contributed by atoms with E-state index >= 15 is 0 Å². The number of benzene rings is 2. The molecule has 5 nitrogen and oxygen atoms in total. The van der Waals surface area contributed by atoms with Crippen LogP contribution in [0.4, 0.5) is 0 Å². The third-order valence-electron chi connectivity index (χ3n) is 6.19. The van der Waals surface area contributed by atoms with E-state index < -0.39 is 0 Å². The fourth-order valence-electron chi connectivity index (χ4n) is 4.37. The van der Waals surface area contributed by atoms with Gasteiger partial charge < -0.3 is 15.1 Å². The fourth-order valence-corrected chi connectivity index (χ4v) is 4.37. The van der Waals surface area contributed by atoms with Gasteiger partial charge in [0, 0.05) is 39.1 Å². The molecule has 6 heteroatoms. The Balaban J connectivity index is 0.00000306. The van der Waals surface area contributed by atoms with Crippen LogP contribution in [0.3, 0.4) is 0 Å². The molecule has 2 aliphatic rings. The lowest BCUT2D eigenvalue weighted by Gasteiger charge is -2.31. The van der Waals surface area contributed by atoms with Crippen LogP contribution in [0, 0.1) is 0 Å². The van der Waals surface area contributed by atoms with Crippen molar-refractivity contribution in [2.75, 3.05) is 26.2 Å². The molecule has 2 heterocycles. The van der Waals surface area contributed by atoms with Crippen molar-refractivity contribution in [2.45, 2.75) is 45.7 Å². The molecular weight excluding hydrogens is 523 g/mol. The normalized spacial score (nSPS) is 16.6. The van der Waals surface area contributed by atoms with Crippen molar-refractivity contribution >= 4 is 41.9 Å². The first-order valence-electron chi connectivity index (χ1n) is 11.8. The van der Waals surface area contributed by atoms with E-state index in [1.165, 1.54) is 22.3 Å². The highest BCUT2D eigenvalue weighted by atomic mass is 127. The average Bonchev–Trinajstić information content (AvgIpc) is 3.23. The minimum atomic E-state index is 0.